The molecule has 1 aliphatic heterocycles. The monoisotopic (exact) mass is 281 g/mol. The first-order chi connectivity index (χ1) is 9.70. The molecule has 0 N–H and O–H groups in total. The van der Waals surface area contributed by atoms with Crippen LogP contribution in [0, 0.1) is 11.8 Å². The zero-order chi connectivity index (χ0) is 14.4. The van der Waals surface area contributed by atoms with E-state index < -0.39 is 0 Å². The lowest BCUT2D eigenvalue weighted by atomic mass is 9.77. The second-order valence-electron chi connectivity index (χ2n) is 6.70. The van der Waals surface area contributed by atoms with Gasteiger partial charge in [-0.3, -0.25) is 9.69 Å². The lowest BCUT2D eigenvalue weighted by molar-refractivity contribution is -0.145. The number of likely N-dealkylation sites (tertiary alicyclic amines) is 1. The summed E-state index contributed by atoms with van der Waals surface area (Å²) in [6.07, 6.45) is 9.82. The Morgan fingerprint density at radius 2 is 1.95 bits per heavy atom. The number of carbonyl (C=O) groups excluding carboxylic acids is 1. The Labute approximate surface area is 124 Å². The van der Waals surface area contributed by atoms with Crippen LogP contribution >= 0.6 is 0 Å². The summed E-state index contributed by atoms with van der Waals surface area (Å²) in [5.74, 6) is 1.52. The van der Waals surface area contributed by atoms with Crippen LogP contribution in [0.25, 0.3) is 0 Å². The number of carbonyl (C=O) groups is 1. The van der Waals surface area contributed by atoms with Crippen LogP contribution in [0.3, 0.4) is 0 Å². The van der Waals surface area contributed by atoms with Crippen molar-refractivity contribution in [3.63, 3.8) is 0 Å². The molecule has 0 aromatic carbocycles. The summed E-state index contributed by atoms with van der Waals surface area (Å²) in [5.41, 5.74) is 0. The molecule has 3 unspecified atom stereocenters. The fraction of sp³-hybridized carbons (Fsp3) is 0.941. The van der Waals surface area contributed by atoms with Crippen molar-refractivity contribution < 1.29 is 9.53 Å². The van der Waals surface area contributed by atoms with E-state index >= 15 is 0 Å². The van der Waals surface area contributed by atoms with Crippen molar-refractivity contribution in [1.82, 2.24) is 4.90 Å². The first-order valence-electron chi connectivity index (χ1n) is 8.60. The van der Waals surface area contributed by atoms with Gasteiger partial charge >= 0.3 is 5.97 Å². The summed E-state index contributed by atoms with van der Waals surface area (Å²) in [4.78, 5) is 14.6. The summed E-state index contributed by atoms with van der Waals surface area (Å²) < 4.78 is 5.22. The van der Waals surface area contributed by atoms with E-state index in [1.165, 1.54) is 58.0 Å². The van der Waals surface area contributed by atoms with Gasteiger partial charge in [0.15, 0.2) is 0 Å². The molecule has 0 aromatic heterocycles. The van der Waals surface area contributed by atoms with E-state index in [9.17, 15) is 4.79 Å². The highest BCUT2D eigenvalue weighted by molar-refractivity contribution is 5.70. The Kier molecular flexibility index (Phi) is 6.34. The topological polar surface area (TPSA) is 29.5 Å². The van der Waals surface area contributed by atoms with Gasteiger partial charge in [-0.15, -0.1) is 0 Å². The zero-order valence-corrected chi connectivity index (χ0v) is 13.3. The summed E-state index contributed by atoms with van der Waals surface area (Å²) >= 11 is 0. The van der Waals surface area contributed by atoms with Gasteiger partial charge in [-0.2, -0.15) is 0 Å². The van der Waals surface area contributed by atoms with Crippen molar-refractivity contribution >= 4 is 5.97 Å². The SMILES string of the molecule is CCOC(=O)CC(C1CCCC(C)C1)N1CCCCC1. The maximum atomic E-state index is 12.0. The standard InChI is InChI=1S/C17H31NO2/c1-3-20-17(19)13-16(18-10-5-4-6-11-18)15-9-7-8-14(2)12-15/h14-16H,3-13H2,1-2H3. The first kappa shape index (κ1) is 15.8. The van der Waals surface area contributed by atoms with Gasteiger partial charge in [-0.05, 0) is 57.5 Å². The van der Waals surface area contributed by atoms with E-state index in [0.717, 1.165) is 5.92 Å². The van der Waals surface area contributed by atoms with Crippen LogP contribution in [-0.2, 0) is 9.53 Å². The third-order valence-electron chi connectivity index (χ3n) is 5.06. The fourth-order valence-corrected chi connectivity index (χ4v) is 4.07. The number of nitrogens with zero attached hydrogens (tertiary/aromatic N) is 1. The average Bonchev–Trinajstić information content (AvgIpc) is 2.46. The Bertz CT molecular complexity index is 299. The van der Waals surface area contributed by atoms with E-state index in [1.807, 2.05) is 6.92 Å². The van der Waals surface area contributed by atoms with Gasteiger partial charge in [0.2, 0.25) is 0 Å². The molecule has 0 amide bonds. The molecule has 0 radical (unpaired) electrons. The Morgan fingerprint density at radius 3 is 2.60 bits per heavy atom. The molecule has 0 spiro atoms. The molecule has 3 nitrogen and oxygen atoms in total. The van der Waals surface area contributed by atoms with E-state index in [0.29, 0.717) is 25.0 Å². The van der Waals surface area contributed by atoms with Gasteiger partial charge in [-0.1, -0.05) is 26.2 Å². The van der Waals surface area contributed by atoms with Crippen LogP contribution in [0.1, 0.15) is 65.2 Å². The van der Waals surface area contributed by atoms with E-state index in [-0.39, 0.29) is 5.97 Å². The Balaban J connectivity index is 1.99. The highest BCUT2D eigenvalue weighted by Gasteiger charge is 2.33. The smallest absolute Gasteiger partial charge is 0.307 e. The second kappa shape index (κ2) is 8.02. The lowest BCUT2D eigenvalue weighted by Gasteiger charge is -2.41. The summed E-state index contributed by atoms with van der Waals surface area (Å²) in [7, 11) is 0. The minimum atomic E-state index is 0.00120. The van der Waals surface area contributed by atoms with Crippen LogP contribution < -0.4 is 0 Å². The quantitative estimate of drug-likeness (QED) is 0.721. The molecule has 3 heteroatoms. The number of hydrogen-bond donors (Lipinski definition) is 0. The van der Waals surface area contributed by atoms with Crippen molar-refractivity contribution in [2.24, 2.45) is 11.8 Å². The molecule has 2 aliphatic rings. The van der Waals surface area contributed by atoms with Gasteiger partial charge in [0, 0.05) is 6.04 Å². The summed E-state index contributed by atoms with van der Waals surface area (Å²) in [6, 6.07) is 0.428. The third-order valence-corrected chi connectivity index (χ3v) is 5.06. The Hall–Kier alpha value is -0.570. The molecular formula is C17H31NO2. The molecule has 1 saturated heterocycles. The molecule has 2 rings (SSSR count). The van der Waals surface area contributed by atoms with Gasteiger partial charge < -0.3 is 4.74 Å². The molecule has 20 heavy (non-hydrogen) atoms. The molecular weight excluding hydrogens is 250 g/mol. The molecule has 0 aromatic rings. The third kappa shape index (κ3) is 4.47. The fourth-order valence-electron chi connectivity index (χ4n) is 4.07. The summed E-state index contributed by atoms with van der Waals surface area (Å²) in [6.45, 7) is 7.12. The van der Waals surface area contributed by atoms with Crippen LogP contribution in [0.5, 0.6) is 0 Å². The minimum absolute atomic E-state index is 0.00120. The largest absolute Gasteiger partial charge is 0.466 e. The van der Waals surface area contributed by atoms with Crippen LogP contribution in [-0.4, -0.2) is 36.6 Å². The highest BCUT2D eigenvalue weighted by atomic mass is 16.5. The molecule has 1 aliphatic carbocycles. The van der Waals surface area contributed by atoms with Gasteiger partial charge in [0.05, 0.1) is 13.0 Å². The number of esters is 1. The van der Waals surface area contributed by atoms with Crippen molar-refractivity contribution in [2.75, 3.05) is 19.7 Å². The summed E-state index contributed by atoms with van der Waals surface area (Å²) in [5, 5.41) is 0. The van der Waals surface area contributed by atoms with E-state index in [1.54, 1.807) is 0 Å². The maximum absolute atomic E-state index is 12.0. The molecule has 116 valence electrons. The normalized spacial score (nSPS) is 29.9. The van der Waals surface area contributed by atoms with E-state index in [2.05, 4.69) is 11.8 Å². The molecule has 0 bridgehead atoms. The van der Waals surface area contributed by atoms with Gasteiger partial charge in [0.1, 0.15) is 0 Å². The molecule has 1 saturated carbocycles. The van der Waals surface area contributed by atoms with Gasteiger partial charge in [0.25, 0.3) is 0 Å². The van der Waals surface area contributed by atoms with E-state index in [4.69, 9.17) is 4.74 Å². The number of hydrogen-bond acceptors (Lipinski definition) is 3. The van der Waals surface area contributed by atoms with Crippen molar-refractivity contribution in [1.29, 1.82) is 0 Å². The number of rotatable bonds is 5. The van der Waals surface area contributed by atoms with Crippen LogP contribution in [0.2, 0.25) is 0 Å². The van der Waals surface area contributed by atoms with Crippen LogP contribution in [0.15, 0.2) is 0 Å². The predicted molar refractivity (Wildman–Crippen MR) is 81.6 cm³/mol. The lowest BCUT2D eigenvalue weighted by Crippen LogP contribution is -2.46. The number of ether oxygens (including phenoxy) is 1. The highest BCUT2D eigenvalue weighted by Crippen LogP contribution is 2.35. The molecule has 2 fully saturated rings. The van der Waals surface area contributed by atoms with Gasteiger partial charge in [-0.25, -0.2) is 0 Å². The number of piperidine rings is 1. The first-order valence-corrected chi connectivity index (χ1v) is 8.60. The second-order valence-corrected chi connectivity index (χ2v) is 6.70. The minimum Gasteiger partial charge on any atom is -0.466 e. The predicted octanol–water partition coefficient (Wildman–Crippen LogP) is 3.62. The zero-order valence-electron chi connectivity index (χ0n) is 13.3. The van der Waals surface area contributed by atoms with Crippen molar-refractivity contribution in [2.45, 2.75) is 71.3 Å². The molecule has 3 atom stereocenters. The average molecular weight is 281 g/mol. The van der Waals surface area contributed by atoms with Crippen LogP contribution in [0.4, 0.5) is 0 Å². The van der Waals surface area contributed by atoms with Crippen molar-refractivity contribution in [3.05, 3.63) is 0 Å². The maximum Gasteiger partial charge on any atom is 0.307 e. The molecule has 1 heterocycles. The van der Waals surface area contributed by atoms with Crippen molar-refractivity contribution in [3.8, 4) is 0 Å². The Morgan fingerprint density at radius 1 is 1.20 bits per heavy atom.